The molecule has 2 rings (SSSR count). The number of rotatable bonds is 15. The van der Waals surface area contributed by atoms with E-state index in [1.54, 1.807) is 0 Å². The van der Waals surface area contributed by atoms with Crippen molar-refractivity contribution in [2.75, 3.05) is 6.79 Å². The number of carbonyl (C=O) groups is 1. The number of carboxylic acids is 1. The molecule has 0 unspecified atom stereocenters. The van der Waals surface area contributed by atoms with Gasteiger partial charge in [0.25, 0.3) is 0 Å². The second-order valence-electron chi connectivity index (χ2n) is 7.63. The Bertz CT molecular complexity index is 568. The van der Waals surface area contributed by atoms with E-state index in [1.807, 2.05) is 12.1 Å². The van der Waals surface area contributed by atoms with Gasteiger partial charge in [0, 0.05) is 0 Å². The van der Waals surface area contributed by atoms with Crippen molar-refractivity contribution in [1.29, 1.82) is 0 Å². The number of aromatic carboxylic acids is 1. The van der Waals surface area contributed by atoms with Crippen LogP contribution in [0.2, 0.25) is 0 Å². The first-order valence-corrected chi connectivity index (χ1v) is 10.9. The fourth-order valence-electron chi connectivity index (χ4n) is 3.79. The van der Waals surface area contributed by atoms with Crippen LogP contribution in [-0.4, -0.2) is 17.9 Å². The van der Waals surface area contributed by atoms with Crippen molar-refractivity contribution in [3.8, 4) is 11.5 Å². The lowest BCUT2D eigenvalue weighted by Gasteiger charge is -2.09. The molecule has 0 atom stereocenters. The number of ether oxygens (including phenoxy) is 2. The summed E-state index contributed by atoms with van der Waals surface area (Å²) in [5, 5.41) is 9.50. The van der Waals surface area contributed by atoms with Crippen LogP contribution in [-0.2, 0) is 6.42 Å². The number of benzene rings is 1. The molecule has 0 radical (unpaired) electrons. The van der Waals surface area contributed by atoms with E-state index in [0.717, 1.165) is 24.8 Å². The Morgan fingerprint density at radius 2 is 1.41 bits per heavy atom. The normalized spacial score (nSPS) is 12.5. The van der Waals surface area contributed by atoms with Crippen LogP contribution in [0.15, 0.2) is 12.1 Å². The van der Waals surface area contributed by atoms with Gasteiger partial charge in [0.15, 0.2) is 11.5 Å². The van der Waals surface area contributed by atoms with Crippen LogP contribution >= 0.6 is 0 Å². The van der Waals surface area contributed by atoms with Crippen LogP contribution in [0.4, 0.5) is 0 Å². The molecule has 1 aromatic rings. The van der Waals surface area contributed by atoms with Crippen LogP contribution in [0, 0.1) is 0 Å². The van der Waals surface area contributed by atoms with Crippen LogP contribution in [0.25, 0.3) is 0 Å². The monoisotopic (exact) mass is 376 g/mol. The van der Waals surface area contributed by atoms with E-state index >= 15 is 0 Å². The minimum Gasteiger partial charge on any atom is -0.478 e. The van der Waals surface area contributed by atoms with E-state index in [2.05, 4.69) is 6.92 Å². The van der Waals surface area contributed by atoms with Gasteiger partial charge >= 0.3 is 5.97 Å². The summed E-state index contributed by atoms with van der Waals surface area (Å²) >= 11 is 0. The molecule has 0 saturated carbocycles. The molecule has 0 aliphatic carbocycles. The Balaban J connectivity index is 1.53. The number of fused-ring (bicyclic) bond motifs is 1. The fourth-order valence-corrected chi connectivity index (χ4v) is 3.79. The van der Waals surface area contributed by atoms with Gasteiger partial charge in [-0.3, -0.25) is 0 Å². The lowest BCUT2D eigenvalue weighted by Crippen LogP contribution is -2.05. The predicted octanol–water partition coefficient (Wildman–Crippen LogP) is 6.75. The summed E-state index contributed by atoms with van der Waals surface area (Å²) in [5.74, 6) is 0.0123. The highest BCUT2D eigenvalue weighted by Crippen LogP contribution is 2.38. The van der Waals surface area contributed by atoms with Crippen molar-refractivity contribution < 1.29 is 19.4 Å². The minimum atomic E-state index is -0.929. The molecule has 1 aliphatic rings. The van der Waals surface area contributed by atoms with E-state index in [9.17, 15) is 9.90 Å². The maximum absolute atomic E-state index is 11.6. The van der Waals surface area contributed by atoms with Gasteiger partial charge in [-0.05, 0) is 24.5 Å². The molecule has 1 heterocycles. The highest BCUT2D eigenvalue weighted by molar-refractivity contribution is 5.94. The third-order valence-corrected chi connectivity index (χ3v) is 5.39. The Hall–Kier alpha value is -1.71. The maximum atomic E-state index is 11.6. The molecule has 27 heavy (non-hydrogen) atoms. The molecular weight excluding hydrogens is 340 g/mol. The van der Waals surface area contributed by atoms with Gasteiger partial charge in [-0.2, -0.15) is 0 Å². The summed E-state index contributed by atoms with van der Waals surface area (Å²) in [6, 6.07) is 3.70. The molecule has 4 nitrogen and oxygen atoms in total. The fraction of sp³-hybridized carbons (Fsp3) is 0.696. The van der Waals surface area contributed by atoms with Crippen molar-refractivity contribution in [3.63, 3.8) is 0 Å². The number of aryl methyl sites for hydroxylation is 1. The van der Waals surface area contributed by atoms with Crippen LogP contribution in [0.3, 0.4) is 0 Å². The second kappa shape index (κ2) is 12.6. The van der Waals surface area contributed by atoms with Crippen LogP contribution < -0.4 is 9.47 Å². The molecule has 152 valence electrons. The van der Waals surface area contributed by atoms with Crippen molar-refractivity contribution in [3.05, 3.63) is 23.3 Å². The molecule has 1 aromatic carbocycles. The Morgan fingerprint density at radius 1 is 0.852 bits per heavy atom. The third-order valence-electron chi connectivity index (χ3n) is 5.39. The topological polar surface area (TPSA) is 55.8 Å². The van der Waals surface area contributed by atoms with E-state index < -0.39 is 5.97 Å². The van der Waals surface area contributed by atoms with Crippen molar-refractivity contribution >= 4 is 5.97 Å². The lowest BCUT2D eigenvalue weighted by molar-refractivity contribution is 0.0691. The zero-order valence-corrected chi connectivity index (χ0v) is 16.9. The van der Waals surface area contributed by atoms with Crippen molar-refractivity contribution in [2.45, 2.75) is 96.8 Å². The quantitative estimate of drug-likeness (QED) is 0.344. The minimum absolute atomic E-state index is 0.109. The summed E-state index contributed by atoms with van der Waals surface area (Å²) < 4.78 is 10.6. The first-order valence-electron chi connectivity index (χ1n) is 10.9. The average molecular weight is 377 g/mol. The number of carboxylic acid groups (broad SMARTS) is 1. The van der Waals surface area contributed by atoms with Gasteiger partial charge < -0.3 is 14.6 Å². The molecule has 0 spiro atoms. The Labute approximate surface area is 164 Å². The number of unbranched alkanes of at least 4 members (excludes halogenated alkanes) is 12. The van der Waals surface area contributed by atoms with E-state index in [1.165, 1.54) is 70.6 Å². The van der Waals surface area contributed by atoms with E-state index in [4.69, 9.17) is 9.47 Å². The summed E-state index contributed by atoms with van der Waals surface area (Å²) in [6.07, 6.45) is 17.9. The van der Waals surface area contributed by atoms with E-state index in [-0.39, 0.29) is 12.4 Å². The first kappa shape index (κ1) is 21.6. The Morgan fingerprint density at radius 3 is 1.96 bits per heavy atom. The van der Waals surface area contributed by atoms with Crippen molar-refractivity contribution in [2.24, 2.45) is 0 Å². The average Bonchev–Trinajstić information content (AvgIpc) is 3.13. The molecule has 0 aromatic heterocycles. The van der Waals surface area contributed by atoms with Gasteiger partial charge in [-0.15, -0.1) is 0 Å². The lowest BCUT2D eigenvalue weighted by atomic mass is 9.99. The summed E-state index contributed by atoms with van der Waals surface area (Å²) in [6.45, 7) is 2.37. The molecule has 0 bridgehead atoms. The molecule has 0 fully saturated rings. The zero-order chi connectivity index (χ0) is 19.3. The SMILES string of the molecule is CCCCCCCCCCCCCCCc1ccc2c(c1C(=O)O)OCO2. The van der Waals surface area contributed by atoms with Gasteiger partial charge in [0.05, 0.1) is 0 Å². The smallest absolute Gasteiger partial charge is 0.339 e. The van der Waals surface area contributed by atoms with Crippen LogP contribution in [0.5, 0.6) is 11.5 Å². The number of hydrogen-bond donors (Lipinski definition) is 1. The highest BCUT2D eigenvalue weighted by atomic mass is 16.7. The van der Waals surface area contributed by atoms with Gasteiger partial charge in [-0.1, -0.05) is 90.0 Å². The van der Waals surface area contributed by atoms with Crippen LogP contribution in [0.1, 0.15) is 106 Å². The largest absolute Gasteiger partial charge is 0.478 e. The van der Waals surface area contributed by atoms with Gasteiger partial charge in [-0.25, -0.2) is 4.79 Å². The standard InChI is InChI=1S/C23H36O4/c1-2-3-4-5-6-7-8-9-10-11-12-13-14-15-19-16-17-20-22(27-18-26-20)21(19)23(24)25/h16-17H,2-15,18H2,1H3,(H,24,25). The number of hydrogen-bond acceptors (Lipinski definition) is 3. The highest BCUT2D eigenvalue weighted by Gasteiger charge is 2.24. The molecule has 0 amide bonds. The third kappa shape index (κ3) is 7.43. The molecule has 0 saturated heterocycles. The predicted molar refractivity (Wildman–Crippen MR) is 109 cm³/mol. The summed E-state index contributed by atoms with van der Waals surface area (Å²) in [4.78, 5) is 11.6. The summed E-state index contributed by atoms with van der Waals surface area (Å²) in [7, 11) is 0. The molecule has 4 heteroatoms. The second-order valence-corrected chi connectivity index (χ2v) is 7.63. The summed E-state index contributed by atoms with van der Waals surface area (Å²) in [5.41, 5.74) is 1.14. The maximum Gasteiger partial charge on any atom is 0.339 e. The first-order chi connectivity index (χ1) is 13.2. The zero-order valence-electron chi connectivity index (χ0n) is 16.9. The van der Waals surface area contributed by atoms with Crippen molar-refractivity contribution in [1.82, 2.24) is 0 Å². The Kier molecular flexibility index (Phi) is 10.1. The van der Waals surface area contributed by atoms with Gasteiger partial charge in [0.1, 0.15) is 5.56 Å². The van der Waals surface area contributed by atoms with E-state index in [0.29, 0.717) is 11.5 Å². The molecular formula is C23H36O4. The molecule has 1 N–H and O–H groups in total. The van der Waals surface area contributed by atoms with Gasteiger partial charge in [0.2, 0.25) is 6.79 Å². The molecule has 1 aliphatic heterocycles.